The Kier molecular flexibility index (Phi) is 29.3. The van der Waals surface area contributed by atoms with Gasteiger partial charge in [0.05, 0.1) is 42.4 Å². The normalized spacial score (nSPS) is 12.8. The van der Waals surface area contributed by atoms with Crippen molar-refractivity contribution in [2.45, 2.75) is 158 Å². The Morgan fingerprint density at radius 3 is 0.651 bits per heavy atom. The fourth-order valence-corrected chi connectivity index (χ4v) is 21.7. The Labute approximate surface area is 642 Å². The first-order chi connectivity index (χ1) is 49.2. The monoisotopic (exact) mass is 1570 g/mol. The smallest absolute Gasteiger partial charge is 0.657 e. The van der Waals surface area contributed by atoms with Crippen LogP contribution in [0.5, 0.6) is 0 Å². The van der Waals surface area contributed by atoms with Gasteiger partial charge in [-0.2, -0.15) is 0 Å². The van der Waals surface area contributed by atoms with E-state index in [0.717, 1.165) is 74.6 Å². The van der Waals surface area contributed by atoms with E-state index in [1.54, 1.807) is 27.7 Å². The first kappa shape index (κ1) is 86.7. The molecule has 26 heteroatoms. The van der Waals surface area contributed by atoms with Crippen molar-refractivity contribution in [3.8, 4) is 44.5 Å². The molecule has 21 nitrogen and oxygen atoms in total. The molecule has 7 aromatic rings. The summed E-state index contributed by atoms with van der Waals surface area (Å²) in [5.41, 5.74) is 14.7. The maximum atomic E-state index is 15.0. The van der Waals surface area contributed by atoms with Crippen LogP contribution in [0, 0.1) is 83.1 Å². The Morgan fingerprint density at radius 2 is 0.481 bits per heavy atom. The van der Waals surface area contributed by atoms with Crippen LogP contribution in [0.3, 0.4) is 0 Å². The van der Waals surface area contributed by atoms with Crippen LogP contribution in [0.25, 0.3) is 90.9 Å². The van der Waals surface area contributed by atoms with E-state index in [4.69, 9.17) is 19.9 Å². The van der Waals surface area contributed by atoms with E-state index in [0.29, 0.717) is 160 Å². The summed E-state index contributed by atoms with van der Waals surface area (Å²) in [5.74, 6) is 0. The van der Waals surface area contributed by atoms with Gasteiger partial charge < -0.3 is 35.0 Å². The summed E-state index contributed by atoms with van der Waals surface area (Å²) >= 11 is 0. The maximum Gasteiger partial charge on any atom is 2.00 e. The topological polar surface area (TPSA) is 283 Å². The van der Waals surface area contributed by atoms with Gasteiger partial charge in [-0.3, -0.25) is 0 Å². The number of fused-ring (bicyclic) bond motifs is 8. The van der Waals surface area contributed by atoms with Gasteiger partial charge in [0.2, 0.25) is 40.1 Å². The van der Waals surface area contributed by atoms with Crippen molar-refractivity contribution in [1.29, 1.82) is 0 Å². The molecule has 6 N–H and O–H groups in total. The van der Waals surface area contributed by atoms with Crippen molar-refractivity contribution in [1.82, 2.24) is 58.4 Å². The van der Waals surface area contributed by atoms with Gasteiger partial charge in [0.25, 0.3) is 0 Å². The predicted octanol–water partition coefficient (Wildman–Crippen LogP) is 11.9. The summed E-state index contributed by atoms with van der Waals surface area (Å²) in [7, 11) is -16.6. The molecule has 576 valence electrons. The molecule has 2 aliphatic heterocycles. The van der Waals surface area contributed by atoms with Gasteiger partial charge in [0.1, 0.15) is 0 Å². The van der Waals surface area contributed by atoms with E-state index in [9.17, 15) is 33.7 Å². The number of hydrogen-bond donors (Lipinski definition) is 4. The van der Waals surface area contributed by atoms with E-state index >= 15 is 0 Å². The van der Waals surface area contributed by atoms with Gasteiger partial charge in [0, 0.05) is 52.4 Å². The van der Waals surface area contributed by atoms with Gasteiger partial charge >= 0.3 is 17.1 Å². The van der Waals surface area contributed by atoms with Gasteiger partial charge in [-0.05, 0) is 271 Å². The Bertz CT molecular complexity index is 4540. The van der Waals surface area contributed by atoms with E-state index in [-0.39, 0.29) is 68.3 Å². The number of nitrogens with zero attached hydrogens (tertiary/aromatic N) is 8. The molecule has 0 unspecified atom stereocenters. The summed E-state index contributed by atoms with van der Waals surface area (Å²) in [6.45, 7) is 47.3. The van der Waals surface area contributed by atoms with Crippen LogP contribution >= 0.6 is 0 Å². The third-order valence-electron chi connectivity index (χ3n) is 20.7. The van der Waals surface area contributed by atoms with Gasteiger partial charge in [0.15, 0.2) is 0 Å². The predicted molar refractivity (Wildman–Crippen MR) is 431 cm³/mol. The summed E-state index contributed by atoms with van der Waals surface area (Å²) in [5, 5.41) is 0. The van der Waals surface area contributed by atoms with Crippen molar-refractivity contribution in [2.24, 2.45) is 0 Å². The minimum atomic E-state index is -4.16. The molecule has 0 saturated heterocycles. The summed E-state index contributed by atoms with van der Waals surface area (Å²) in [4.78, 5) is 31.6. The van der Waals surface area contributed by atoms with E-state index in [1.165, 1.54) is 0 Å². The van der Waals surface area contributed by atoms with Gasteiger partial charge in [-0.15, -0.1) is 22.1 Å². The third-order valence-corrected chi connectivity index (χ3v) is 27.7. The Balaban J connectivity index is 0.00000784. The number of nitrogens with one attached hydrogen (secondary N) is 4. The molecule has 0 amide bonds. The number of rotatable bonds is 32. The molecule has 0 radical (unpaired) electrons. The summed E-state index contributed by atoms with van der Waals surface area (Å²) in [6.07, 6.45) is 7.52. The Hall–Kier alpha value is -6.56. The average Bonchev–Trinajstić information content (AvgIpc) is 1.49. The Morgan fingerprint density at radius 1 is 0.302 bits per heavy atom. The molecule has 5 heterocycles. The van der Waals surface area contributed by atoms with Crippen LogP contribution in [0.4, 0.5) is 0 Å². The molecule has 0 fully saturated rings. The van der Waals surface area contributed by atoms with Crippen molar-refractivity contribution in [3.63, 3.8) is 0 Å². The molecule has 0 atom stereocenters. The zero-order valence-electron chi connectivity index (χ0n) is 65.6. The fraction of sp³-hybridized carbons (Fsp3) is 0.450. The third kappa shape index (κ3) is 17.8. The molecule has 0 aliphatic carbocycles. The zero-order chi connectivity index (χ0) is 76.2. The zero-order valence-corrected chi connectivity index (χ0v) is 69.9. The number of sulfonamides is 4. The standard InChI is InChI=1S/C80H108N12O8S4.Fe.H2O/c1-21-89(22-2)41-37-81-101(93,94)77-53(13)45-49(9)69(57(77)17)73-61-29-31-63(85-61)74(70-50(10)46-54(14)78(58(70)18)102(95,96)82-38-42-90(23-3)24-4)65-33-35-67(87-65)76(72-52(12)48-56(16)80(60(72)20)104(99,100)84-40-44-92(27-7)28-8)68-36-34-66(88-68)75(64-32-30-62(73)86-64)71-51(11)47-55(15)79(59(71)19)103(97,98)83-39-43-91(25-5)26-6;;/h29-36,45-48,81-84H,21-28,37-44H2,1-20H3;;1H2/q-2;+2;. The molecule has 0 spiro atoms. The number of hydrogen-bond acceptors (Lipinski definition) is 14. The van der Waals surface area contributed by atoms with Gasteiger partial charge in [-0.25, -0.2) is 62.5 Å². The second-order valence-electron chi connectivity index (χ2n) is 27.4. The minimum Gasteiger partial charge on any atom is -0.657 e. The van der Waals surface area contributed by atoms with Crippen LogP contribution in [-0.4, -0.2) is 173 Å². The van der Waals surface area contributed by atoms with E-state index in [2.05, 4.69) is 38.5 Å². The van der Waals surface area contributed by atoms with Crippen LogP contribution in [0.2, 0.25) is 0 Å². The number of aromatic nitrogens is 4. The average molecular weight is 1570 g/mol. The SMILES string of the molecule is CCN(CC)CCNS(=O)(=O)c1c(C)cc(C)c(-c2c3nc(c(-c4c(C)cc(C)c(S(=O)(=O)NCCN(CC)CC)c4C)c4ccc([n-]4)c(-c4c(C)cc(C)c(S(=O)(=O)NCCN(CC)CC)c4C)c4nc(c(-c5c(C)cc(C)c(S(=O)(=O)NCCN(CC)CC)c5C)c5ccc2[n-]5)C=C4)C=C3)c1C.O.[Fe+2]. The fourth-order valence-electron chi connectivity index (χ4n) is 15.8. The van der Waals surface area contributed by atoms with Gasteiger partial charge in [-0.1, -0.05) is 104 Å². The molecule has 2 aliphatic rings. The van der Waals surface area contributed by atoms with E-state index < -0.39 is 40.1 Å². The van der Waals surface area contributed by atoms with Crippen LogP contribution in [0.15, 0.2) is 68.1 Å². The van der Waals surface area contributed by atoms with Crippen molar-refractivity contribution < 1.29 is 56.2 Å². The molecule has 9 rings (SSSR count). The second kappa shape index (κ2) is 35.9. The van der Waals surface area contributed by atoms with Crippen LogP contribution < -0.4 is 28.9 Å². The van der Waals surface area contributed by atoms with Crippen molar-refractivity contribution in [3.05, 3.63) is 138 Å². The summed E-state index contributed by atoms with van der Waals surface area (Å²) in [6, 6.07) is 15.0. The number of likely N-dealkylation sites (N-methyl/N-ethyl adjacent to an activating group) is 4. The maximum absolute atomic E-state index is 15.0. The molecule has 8 bridgehead atoms. The molecule has 0 saturated carbocycles. The quantitative estimate of drug-likeness (QED) is 0.0285. The second-order valence-corrected chi connectivity index (χ2v) is 34.2. The number of aryl methyl sites for hydroxylation is 8. The van der Waals surface area contributed by atoms with Crippen molar-refractivity contribution in [2.75, 3.05) is 105 Å². The molecular weight excluding hydrogens is 1460 g/mol. The van der Waals surface area contributed by atoms with Crippen molar-refractivity contribution >= 4 is 86.5 Å². The summed E-state index contributed by atoms with van der Waals surface area (Å²) < 4.78 is 131. The largest absolute Gasteiger partial charge is 2.00 e. The molecule has 4 aromatic carbocycles. The van der Waals surface area contributed by atoms with Crippen LogP contribution in [0.1, 0.15) is 145 Å². The minimum absolute atomic E-state index is 0. The molecular formula is C80H110FeN12O9S4. The first-order valence-corrected chi connectivity index (χ1v) is 42.5. The molecule has 3 aromatic heterocycles. The van der Waals surface area contributed by atoms with E-state index in [1.807, 2.05) is 184 Å². The molecule has 106 heavy (non-hydrogen) atoms. The number of benzene rings is 4. The first-order valence-electron chi connectivity index (χ1n) is 36.6. The van der Waals surface area contributed by atoms with Crippen LogP contribution in [-0.2, 0) is 57.2 Å².